The minimum absolute atomic E-state index is 0.0712. The van der Waals surface area contributed by atoms with Gasteiger partial charge in [0.25, 0.3) is 0 Å². The lowest BCUT2D eigenvalue weighted by Gasteiger charge is -2.20. The first-order valence-electron chi connectivity index (χ1n) is 10.1. The van der Waals surface area contributed by atoms with Crippen molar-refractivity contribution in [3.05, 3.63) is 71.8 Å². The zero-order chi connectivity index (χ0) is 19.8. The number of carbonyl (C=O) groups is 2. The highest BCUT2D eigenvalue weighted by atomic mass is 16.2. The summed E-state index contributed by atoms with van der Waals surface area (Å²) in [5.74, 6) is 0.0712. The van der Waals surface area contributed by atoms with Crippen LogP contribution in [-0.4, -0.2) is 24.0 Å². The number of urea groups is 1. The standard InChI is InChI=1S/C23H29N3O2/c1-17-20(25-23(28)24-17)15-9-4-10-16-21(27)26-22(18-11-5-2-6-12-18)19-13-7-3-8-14-19/h2-3,5-8,11-14,17,20,22H,4,9-10,15-16H2,1H3,(H,26,27)(H2,24,25,28)/t17-,20-/m0/s1. The molecule has 1 heterocycles. The summed E-state index contributed by atoms with van der Waals surface area (Å²) in [5, 5.41) is 8.99. The third-order valence-corrected chi connectivity index (χ3v) is 5.27. The zero-order valence-corrected chi connectivity index (χ0v) is 16.4. The minimum Gasteiger partial charge on any atom is -0.345 e. The first kappa shape index (κ1) is 19.9. The van der Waals surface area contributed by atoms with Gasteiger partial charge in [-0.3, -0.25) is 4.79 Å². The highest BCUT2D eigenvalue weighted by molar-refractivity contribution is 5.77. The van der Waals surface area contributed by atoms with Gasteiger partial charge in [-0.15, -0.1) is 0 Å². The topological polar surface area (TPSA) is 70.2 Å². The Morgan fingerprint density at radius 1 is 0.929 bits per heavy atom. The first-order chi connectivity index (χ1) is 13.6. The summed E-state index contributed by atoms with van der Waals surface area (Å²) < 4.78 is 0. The highest BCUT2D eigenvalue weighted by Gasteiger charge is 2.26. The van der Waals surface area contributed by atoms with E-state index in [1.165, 1.54) is 0 Å². The number of hydrogen-bond acceptors (Lipinski definition) is 2. The molecule has 2 atom stereocenters. The third kappa shape index (κ3) is 5.59. The van der Waals surface area contributed by atoms with Crippen molar-refractivity contribution in [1.29, 1.82) is 0 Å². The maximum atomic E-state index is 12.5. The van der Waals surface area contributed by atoms with E-state index in [0.717, 1.165) is 36.8 Å². The molecule has 1 aliphatic heterocycles. The van der Waals surface area contributed by atoms with Crippen LogP contribution in [0.15, 0.2) is 60.7 Å². The first-order valence-corrected chi connectivity index (χ1v) is 10.1. The van der Waals surface area contributed by atoms with Gasteiger partial charge in [0.15, 0.2) is 0 Å². The van der Waals surface area contributed by atoms with E-state index in [0.29, 0.717) is 6.42 Å². The van der Waals surface area contributed by atoms with Crippen LogP contribution in [0.25, 0.3) is 0 Å². The molecule has 0 saturated carbocycles. The molecule has 0 spiro atoms. The van der Waals surface area contributed by atoms with Crippen molar-refractivity contribution in [2.45, 2.75) is 57.2 Å². The largest absolute Gasteiger partial charge is 0.345 e. The molecule has 148 valence electrons. The molecule has 0 radical (unpaired) electrons. The summed E-state index contributed by atoms with van der Waals surface area (Å²) in [4.78, 5) is 23.8. The van der Waals surface area contributed by atoms with Crippen molar-refractivity contribution in [3.8, 4) is 0 Å². The van der Waals surface area contributed by atoms with E-state index in [9.17, 15) is 9.59 Å². The fraction of sp³-hybridized carbons (Fsp3) is 0.391. The molecule has 3 N–H and O–H groups in total. The summed E-state index contributed by atoms with van der Waals surface area (Å²) >= 11 is 0. The van der Waals surface area contributed by atoms with E-state index >= 15 is 0 Å². The molecule has 0 bridgehead atoms. The molecule has 0 unspecified atom stereocenters. The fourth-order valence-electron chi connectivity index (χ4n) is 3.67. The van der Waals surface area contributed by atoms with Gasteiger partial charge < -0.3 is 16.0 Å². The molecule has 0 aliphatic carbocycles. The highest BCUT2D eigenvalue weighted by Crippen LogP contribution is 2.22. The predicted octanol–water partition coefficient (Wildman–Crippen LogP) is 3.91. The molecule has 1 aliphatic rings. The molecule has 1 saturated heterocycles. The van der Waals surface area contributed by atoms with E-state index in [-0.39, 0.29) is 30.1 Å². The quantitative estimate of drug-likeness (QED) is 0.578. The number of benzene rings is 2. The van der Waals surface area contributed by atoms with Crippen LogP contribution < -0.4 is 16.0 Å². The fourth-order valence-corrected chi connectivity index (χ4v) is 3.67. The van der Waals surface area contributed by atoms with E-state index in [2.05, 4.69) is 16.0 Å². The Labute approximate surface area is 166 Å². The smallest absolute Gasteiger partial charge is 0.315 e. The average Bonchev–Trinajstić information content (AvgIpc) is 3.04. The van der Waals surface area contributed by atoms with Crippen LogP contribution in [0.2, 0.25) is 0 Å². The van der Waals surface area contributed by atoms with Crippen molar-refractivity contribution >= 4 is 11.9 Å². The Kier molecular flexibility index (Phi) is 7.06. The summed E-state index contributed by atoms with van der Waals surface area (Å²) in [6, 6.07) is 20.3. The summed E-state index contributed by atoms with van der Waals surface area (Å²) in [6.07, 6.45) is 4.29. The normalized spacial score (nSPS) is 18.6. The van der Waals surface area contributed by atoms with Gasteiger partial charge in [0.05, 0.1) is 12.1 Å². The number of rotatable bonds is 9. The molecular formula is C23H29N3O2. The van der Waals surface area contributed by atoms with E-state index < -0.39 is 0 Å². The van der Waals surface area contributed by atoms with Crippen LogP contribution in [0, 0.1) is 0 Å². The summed E-state index contributed by atoms with van der Waals surface area (Å²) in [7, 11) is 0. The van der Waals surface area contributed by atoms with Crippen LogP contribution in [0.1, 0.15) is 56.2 Å². The number of nitrogens with one attached hydrogen (secondary N) is 3. The molecule has 1 fully saturated rings. The second-order valence-electron chi connectivity index (χ2n) is 7.43. The van der Waals surface area contributed by atoms with Crippen molar-refractivity contribution in [2.75, 3.05) is 0 Å². The van der Waals surface area contributed by atoms with Crippen LogP contribution in [0.4, 0.5) is 4.79 Å². The summed E-state index contributed by atoms with van der Waals surface area (Å²) in [5.41, 5.74) is 2.17. The van der Waals surface area contributed by atoms with E-state index in [4.69, 9.17) is 0 Å². The predicted molar refractivity (Wildman–Crippen MR) is 111 cm³/mol. The van der Waals surface area contributed by atoms with Gasteiger partial charge in [-0.1, -0.05) is 73.5 Å². The number of amides is 3. The van der Waals surface area contributed by atoms with Gasteiger partial charge in [-0.05, 0) is 30.9 Å². The number of carbonyl (C=O) groups excluding carboxylic acids is 2. The SMILES string of the molecule is C[C@@H]1NC(=O)N[C@H]1CCCCCC(=O)NC(c1ccccc1)c1ccccc1. The Morgan fingerprint density at radius 3 is 2.07 bits per heavy atom. The Balaban J connectivity index is 1.46. The van der Waals surface area contributed by atoms with Crippen LogP contribution in [-0.2, 0) is 4.79 Å². The molecule has 2 aromatic carbocycles. The van der Waals surface area contributed by atoms with Crippen LogP contribution >= 0.6 is 0 Å². The van der Waals surface area contributed by atoms with E-state index in [1.807, 2.05) is 67.6 Å². The van der Waals surface area contributed by atoms with Crippen LogP contribution in [0.3, 0.4) is 0 Å². The average molecular weight is 380 g/mol. The van der Waals surface area contributed by atoms with Gasteiger partial charge in [0.2, 0.25) is 5.91 Å². The van der Waals surface area contributed by atoms with Crippen molar-refractivity contribution in [3.63, 3.8) is 0 Å². The molecule has 3 rings (SSSR count). The second kappa shape index (κ2) is 9.93. The molecule has 2 aromatic rings. The molecule has 3 amide bonds. The van der Waals surface area contributed by atoms with Crippen molar-refractivity contribution < 1.29 is 9.59 Å². The molecule has 0 aromatic heterocycles. The van der Waals surface area contributed by atoms with Crippen molar-refractivity contribution in [1.82, 2.24) is 16.0 Å². The minimum atomic E-state index is -0.129. The molecular weight excluding hydrogens is 350 g/mol. The Morgan fingerprint density at radius 2 is 1.54 bits per heavy atom. The zero-order valence-electron chi connectivity index (χ0n) is 16.4. The van der Waals surface area contributed by atoms with Gasteiger partial charge in [-0.25, -0.2) is 4.79 Å². The van der Waals surface area contributed by atoms with E-state index in [1.54, 1.807) is 0 Å². The third-order valence-electron chi connectivity index (χ3n) is 5.27. The molecule has 5 heteroatoms. The molecule has 5 nitrogen and oxygen atoms in total. The van der Waals surface area contributed by atoms with Gasteiger partial charge in [-0.2, -0.15) is 0 Å². The molecule has 28 heavy (non-hydrogen) atoms. The van der Waals surface area contributed by atoms with Crippen LogP contribution in [0.5, 0.6) is 0 Å². The van der Waals surface area contributed by atoms with Crippen molar-refractivity contribution in [2.24, 2.45) is 0 Å². The Hall–Kier alpha value is -2.82. The van der Waals surface area contributed by atoms with Gasteiger partial charge >= 0.3 is 6.03 Å². The van der Waals surface area contributed by atoms with Gasteiger partial charge in [0, 0.05) is 12.5 Å². The second-order valence-corrected chi connectivity index (χ2v) is 7.43. The lowest BCUT2D eigenvalue weighted by molar-refractivity contribution is -0.121. The summed E-state index contributed by atoms with van der Waals surface area (Å²) in [6.45, 7) is 2.02. The Bertz CT molecular complexity index is 724. The van der Waals surface area contributed by atoms with Gasteiger partial charge in [0.1, 0.15) is 0 Å². The lowest BCUT2D eigenvalue weighted by Crippen LogP contribution is -2.30. The monoisotopic (exact) mass is 379 g/mol. The number of hydrogen-bond donors (Lipinski definition) is 3. The maximum Gasteiger partial charge on any atom is 0.315 e. The number of unbranched alkanes of at least 4 members (excludes halogenated alkanes) is 2. The maximum absolute atomic E-state index is 12.5. The lowest BCUT2D eigenvalue weighted by atomic mass is 9.98.